The number of hydrogen-bond donors (Lipinski definition) is 4. The Morgan fingerprint density at radius 3 is 2.21 bits per heavy atom. The summed E-state index contributed by atoms with van der Waals surface area (Å²) in [5, 5.41) is 13.8. The molecule has 4 N–H and O–H groups in total. The summed E-state index contributed by atoms with van der Waals surface area (Å²) in [6, 6.07) is 8.21. The van der Waals surface area contributed by atoms with E-state index in [2.05, 4.69) is 10.6 Å². The van der Waals surface area contributed by atoms with Crippen LogP contribution in [-0.2, 0) is 9.59 Å². The predicted octanol–water partition coefficient (Wildman–Crippen LogP) is -1.45. The van der Waals surface area contributed by atoms with Crippen molar-refractivity contribution in [1.29, 1.82) is 0 Å². The maximum absolute atomic E-state index is 11.8. The quantitative estimate of drug-likeness (QED) is 0.345. The van der Waals surface area contributed by atoms with Crippen molar-refractivity contribution in [3.05, 3.63) is 29.8 Å². The van der Waals surface area contributed by atoms with Gasteiger partial charge in [0.15, 0.2) is 0 Å². The maximum atomic E-state index is 11.8. The summed E-state index contributed by atoms with van der Waals surface area (Å²) in [4.78, 5) is 26.7. The number of nitrogens with zero attached hydrogens (tertiary/aromatic N) is 1. The number of aliphatic hydroxyl groups excluding tert-OH is 1. The summed E-state index contributed by atoms with van der Waals surface area (Å²) in [6.45, 7) is 0.643. The van der Waals surface area contributed by atoms with Crippen molar-refractivity contribution >= 4 is 17.5 Å². The summed E-state index contributed by atoms with van der Waals surface area (Å²) in [7, 11) is 7.99. The molecule has 1 rings (SSSR count). The number of aliphatic hydroxyl groups is 1. The average Bonchev–Trinajstić information content (AvgIpc) is 2.55. The topological polar surface area (TPSA) is 86.1 Å². The van der Waals surface area contributed by atoms with Crippen molar-refractivity contribution in [2.24, 2.45) is 0 Å². The van der Waals surface area contributed by atoms with Crippen molar-refractivity contribution in [1.82, 2.24) is 10.6 Å². The third-order valence-corrected chi connectivity index (χ3v) is 3.80. The first-order valence-corrected chi connectivity index (χ1v) is 8.11. The molecule has 0 saturated carbocycles. The van der Waals surface area contributed by atoms with Crippen molar-refractivity contribution in [2.75, 3.05) is 52.8 Å². The van der Waals surface area contributed by atoms with E-state index in [-0.39, 0.29) is 19.2 Å². The first-order valence-electron chi connectivity index (χ1n) is 8.11. The Balaban J connectivity index is 2.63. The minimum absolute atomic E-state index is 0.0170. The number of amides is 2. The van der Waals surface area contributed by atoms with Gasteiger partial charge in [-0.25, -0.2) is 0 Å². The lowest BCUT2D eigenvalue weighted by Crippen LogP contribution is -3.07. The molecule has 24 heavy (non-hydrogen) atoms. The van der Waals surface area contributed by atoms with Gasteiger partial charge in [-0.05, 0) is 18.6 Å². The van der Waals surface area contributed by atoms with E-state index in [4.69, 9.17) is 5.11 Å². The average molecular weight is 337 g/mol. The fourth-order valence-corrected chi connectivity index (χ4v) is 2.30. The predicted molar refractivity (Wildman–Crippen MR) is 94.0 cm³/mol. The summed E-state index contributed by atoms with van der Waals surface area (Å²) in [5.41, 5.74) is 2.21. The third-order valence-electron chi connectivity index (χ3n) is 3.80. The number of hydrogen-bond acceptors (Lipinski definition) is 4. The van der Waals surface area contributed by atoms with E-state index in [0.717, 1.165) is 16.2 Å². The second-order valence-electron chi connectivity index (χ2n) is 6.16. The molecule has 1 aromatic rings. The third kappa shape index (κ3) is 6.17. The SMILES string of the molecule is CN(C)c1ccc([C@H](CNC(=O)C(=O)NCCCO)[NH+](C)C)cc1. The van der Waals surface area contributed by atoms with Crippen LogP contribution in [0.25, 0.3) is 0 Å². The fourth-order valence-electron chi connectivity index (χ4n) is 2.30. The molecule has 0 radical (unpaired) electrons. The molecule has 0 aliphatic heterocycles. The zero-order valence-electron chi connectivity index (χ0n) is 14.9. The number of nitrogens with one attached hydrogen (secondary N) is 3. The Bertz CT molecular complexity index is 529. The van der Waals surface area contributed by atoms with Crippen LogP contribution in [0.5, 0.6) is 0 Å². The molecule has 7 nitrogen and oxygen atoms in total. The Hall–Kier alpha value is -2.12. The van der Waals surface area contributed by atoms with Crippen LogP contribution in [0.2, 0.25) is 0 Å². The Morgan fingerprint density at radius 2 is 1.71 bits per heavy atom. The van der Waals surface area contributed by atoms with Crippen LogP contribution in [-0.4, -0.2) is 64.8 Å². The first kappa shape index (κ1) is 19.9. The highest BCUT2D eigenvalue weighted by molar-refractivity contribution is 6.35. The number of anilines is 1. The van der Waals surface area contributed by atoms with Crippen molar-refractivity contribution in [2.45, 2.75) is 12.5 Å². The molecule has 0 bridgehead atoms. The maximum Gasteiger partial charge on any atom is 0.309 e. The van der Waals surface area contributed by atoms with Gasteiger partial charge in [0.25, 0.3) is 0 Å². The highest BCUT2D eigenvalue weighted by Gasteiger charge is 2.21. The van der Waals surface area contributed by atoms with Gasteiger partial charge < -0.3 is 25.5 Å². The van der Waals surface area contributed by atoms with Crippen LogP contribution < -0.4 is 20.4 Å². The van der Waals surface area contributed by atoms with Crippen LogP contribution in [0.4, 0.5) is 5.69 Å². The lowest BCUT2D eigenvalue weighted by molar-refractivity contribution is -0.890. The second-order valence-corrected chi connectivity index (χ2v) is 6.16. The van der Waals surface area contributed by atoms with Crippen LogP contribution in [0.15, 0.2) is 24.3 Å². The molecule has 0 heterocycles. The molecule has 134 valence electrons. The van der Waals surface area contributed by atoms with Gasteiger partial charge in [0.2, 0.25) is 0 Å². The number of likely N-dealkylation sites (N-methyl/N-ethyl adjacent to an activating group) is 1. The van der Waals surface area contributed by atoms with Crippen molar-refractivity contribution in [3.63, 3.8) is 0 Å². The Labute approximate surface area is 143 Å². The molecular formula is C17H29N4O3+. The van der Waals surface area contributed by atoms with Gasteiger partial charge in [0.05, 0.1) is 20.6 Å². The van der Waals surface area contributed by atoms with Crippen LogP contribution in [0.3, 0.4) is 0 Å². The highest BCUT2D eigenvalue weighted by Crippen LogP contribution is 2.15. The van der Waals surface area contributed by atoms with Gasteiger partial charge in [-0.15, -0.1) is 0 Å². The monoisotopic (exact) mass is 337 g/mol. The largest absolute Gasteiger partial charge is 0.396 e. The number of carbonyl (C=O) groups is 2. The molecule has 1 aromatic carbocycles. The molecule has 0 fully saturated rings. The molecule has 0 spiro atoms. The summed E-state index contributed by atoms with van der Waals surface area (Å²) in [5.74, 6) is -1.32. The molecule has 0 saturated heterocycles. The molecule has 2 amide bonds. The smallest absolute Gasteiger partial charge is 0.309 e. The van der Waals surface area contributed by atoms with E-state index in [1.165, 1.54) is 0 Å². The summed E-state index contributed by atoms with van der Waals surface area (Å²) >= 11 is 0. The van der Waals surface area contributed by atoms with Gasteiger partial charge in [0.1, 0.15) is 6.04 Å². The highest BCUT2D eigenvalue weighted by atomic mass is 16.3. The zero-order valence-corrected chi connectivity index (χ0v) is 14.9. The fraction of sp³-hybridized carbons (Fsp3) is 0.529. The zero-order chi connectivity index (χ0) is 18.1. The molecule has 7 heteroatoms. The minimum atomic E-state index is -0.668. The van der Waals surface area contributed by atoms with Crippen LogP contribution in [0.1, 0.15) is 18.0 Å². The number of carbonyl (C=O) groups excluding carboxylic acids is 2. The second kappa shape index (κ2) is 9.89. The molecule has 1 atom stereocenters. The normalized spacial score (nSPS) is 11.9. The minimum Gasteiger partial charge on any atom is -0.396 e. The van der Waals surface area contributed by atoms with Crippen LogP contribution in [0, 0.1) is 0 Å². The van der Waals surface area contributed by atoms with E-state index in [1.54, 1.807) is 0 Å². The first-order chi connectivity index (χ1) is 11.4. The van der Waals surface area contributed by atoms with E-state index in [1.807, 2.05) is 57.4 Å². The standard InChI is InChI=1S/C17H28N4O3/c1-20(2)14-8-6-13(7-9-14)15(21(3)4)12-19-17(24)16(23)18-10-5-11-22/h6-9,15,22H,5,10-12H2,1-4H3,(H,18,23)(H,19,24)/p+1/t15-/m0/s1. The lowest BCUT2D eigenvalue weighted by Gasteiger charge is -2.23. The van der Waals surface area contributed by atoms with Gasteiger partial charge in [-0.2, -0.15) is 0 Å². The van der Waals surface area contributed by atoms with E-state index >= 15 is 0 Å². The van der Waals surface area contributed by atoms with Gasteiger partial charge in [-0.1, -0.05) is 12.1 Å². The summed E-state index contributed by atoms with van der Waals surface area (Å²) in [6.07, 6.45) is 0.432. The number of benzene rings is 1. The molecule has 0 aliphatic carbocycles. The van der Waals surface area contributed by atoms with Gasteiger partial charge in [0, 0.05) is 38.5 Å². The van der Waals surface area contributed by atoms with Gasteiger partial charge >= 0.3 is 11.8 Å². The molecule has 0 aromatic heterocycles. The van der Waals surface area contributed by atoms with E-state index in [9.17, 15) is 9.59 Å². The molecule has 0 aliphatic rings. The van der Waals surface area contributed by atoms with Gasteiger partial charge in [-0.3, -0.25) is 9.59 Å². The van der Waals surface area contributed by atoms with E-state index < -0.39 is 11.8 Å². The van der Waals surface area contributed by atoms with Crippen molar-refractivity contribution in [3.8, 4) is 0 Å². The summed E-state index contributed by atoms with van der Waals surface area (Å²) < 4.78 is 0. The van der Waals surface area contributed by atoms with Crippen LogP contribution >= 0.6 is 0 Å². The van der Waals surface area contributed by atoms with E-state index in [0.29, 0.717) is 13.0 Å². The number of rotatable bonds is 8. The van der Waals surface area contributed by atoms with Crippen molar-refractivity contribution < 1.29 is 19.6 Å². The Morgan fingerprint density at radius 1 is 1.12 bits per heavy atom. The lowest BCUT2D eigenvalue weighted by atomic mass is 10.1. The molecular weight excluding hydrogens is 308 g/mol. The molecule has 0 unspecified atom stereocenters. The Kier molecular flexibility index (Phi) is 8.21. The number of quaternary nitrogens is 1.